The van der Waals surface area contributed by atoms with Crippen LogP contribution >= 0.6 is 0 Å². The third-order valence-corrected chi connectivity index (χ3v) is 3.32. The maximum Gasteiger partial charge on any atom is 0.221 e. The van der Waals surface area contributed by atoms with Crippen LogP contribution in [0.5, 0.6) is 0 Å². The summed E-state index contributed by atoms with van der Waals surface area (Å²) >= 11 is 0. The minimum absolute atomic E-state index is 0.182. The van der Waals surface area contributed by atoms with Crippen LogP contribution in [-0.2, 0) is 4.79 Å². The van der Waals surface area contributed by atoms with Gasteiger partial charge in [0.05, 0.1) is 0 Å². The van der Waals surface area contributed by atoms with E-state index >= 15 is 0 Å². The summed E-state index contributed by atoms with van der Waals surface area (Å²) in [6, 6.07) is 0. The summed E-state index contributed by atoms with van der Waals surface area (Å²) in [6.45, 7) is 10.2. The molecule has 0 spiro atoms. The van der Waals surface area contributed by atoms with Crippen LogP contribution in [0.2, 0.25) is 0 Å². The molecule has 4 nitrogen and oxygen atoms in total. The first-order chi connectivity index (χ1) is 8.26. The fourth-order valence-electron chi connectivity index (χ4n) is 2.41. The zero-order valence-corrected chi connectivity index (χ0v) is 11.3. The number of hydrogen-bond donors (Lipinski definition) is 2. The number of piperidine rings is 1. The lowest BCUT2D eigenvalue weighted by Gasteiger charge is -2.32. The van der Waals surface area contributed by atoms with Gasteiger partial charge in [0.15, 0.2) is 0 Å². The molecule has 1 unspecified atom stereocenters. The van der Waals surface area contributed by atoms with Crippen LogP contribution in [0.3, 0.4) is 0 Å². The molecular weight excluding hydrogens is 214 g/mol. The fourth-order valence-corrected chi connectivity index (χ4v) is 2.41. The van der Waals surface area contributed by atoms with E-state index in [-0.39, 0.29) is 5.91 Å². The maximum atomic E-state index is 11.4. The molecule has 1 fully saturated rings. The fraction of sp³-hybridized carbons (Fsp3) is 0.923. The van der Waals surface area contributed by atoms with E-state index in [2.05, 4.69) is 22.5 Å². The van der Waals surface area contributed by atoms with Crippen LogP contribution in [0.1, 0.15) is 33.1 Å². The van der Waals surface area contributed by atoms with Gasteiger partial charge in [-0.2, -0.15) is 0 Å². The Kier molecular flexibility index (Phi) is 7.21. The highest BCUT2D eigenvalue weighted by Crippen LogP contribution is 2.15. The van der Waals surface area contributed by atoms with Crippen LogP contribution < -0.4 is 10.6 Å². The van der Waals surface area contributed by atoms with Gasteiger partial charge in [-0.25, -0.2) is 0 Å². The van der Waals surface area contributed by atoms with E-state index in [0.29, 0.717) is 6.42 Å². The Hall–Kier alpha value is -0.610. The molecule has 100 valence electrons. The number of hydrogen-bond acceptors (Lipinski definition) is 3. The van der Waals surface area contributed by atoms with Crippen molar-refractivity contribution in [1.82, 2.24) is 15.5 Å². The number of likely N-dealkylation sites (tertiary alicyclic amines) is 1. The predicted molar refractivity (Wildman–Crippen MR) is 71.0 cm³/mol. The molecule has 1 aliphatic heterocycles. The van der Waals surface area contributed by atoms with E-state index in [1.165, 1.54) is 12.8 Å². The van der Waals surface area contributed by atoms with E-state index in [0.717, 1.165) is 45.2 Å². The summed E-state index contributed by atoms with van der Waals surface area (Å²) in [7, 11) is 0. The highest BCUT2D eigenvalue weighted by atomic mass is 16.1. The molecule has 0 aromatic heterocycles. The van der Waals surface area contributed by atoms with E-state index in [1.54, 1.807) is 0 Å². The van der Waals surface area contributed by atoms with Crippen molar-refractivity contribution in [2.24, 2.45) is 5.92 Å². The topological polar surface area (TPSA) is 44.4 Å². The number of amides is 1. The second kappa shape index (κ2) is 8.48. The van der Waals surface area contributed by atoms with E-state index in [9.17, 15) is 4.79 Å². The molecule has 4 heteroatoms. The van der Waals surface area contributed by atoms with Crippen LogP contribution in [0.15, 0.2) is 0 Å². The lowest BCUT2D eigenvalue weighted by atomic mass is 9.98. The monoisotopic (exact) mass is 241 g/mol. The van der Waals surface area contributed by atoms with Crippen molar-refractivity contribution in [3.05, 3.63) is 0 Å². The summed E-state index contributed by atoms with van der Waals surface area (Å²) < 4.78 is 0. The van der Waals surface area contributed by atoms with Gasteiger partial charge in [0.2, 0.25) is 5.91 Å². The Morgan fingerprint density at radius 1 is 1.35 bits per heavy atom. The van der Waals surface area contributed by atoms with Crippen molar-refractivity contribution >= 4 is 5.91 Å². The molecule has 17 heavy (non-hydrogen) atoms. The first kappa shape index (κ1) is 14.5. The number of carbonyl (C=O) groups excluding carboxylic acids is 1. The van der Waals surface area contributed by atoms with Crippen LogP contribution in [0, 0.1) is 5.92 Å². The molecule has 0 aliphatic carbocycles. The Bertz CT molecular complexity index is 221. The highest BCUT2D eigenvalue weighted by Gasteiger charge is 2.19. The van der Waals surface area contributed by atoms with Gasteiger partial charge in [-0.3, -0.25) is 4.79 Å². The number of nitrogens with zero attached hydrogens (tertiary/aromatic N) is 1. The lowest BCUT2D eigenvalue weighted by Crippen LogP contribution is -2.41. The average molecular weight is 241 g/mol. The first-order valence-electron chi connectivity index (χ1n) is 6.96. The van der Waals surface area contributed by atoms with Crippen molar-refractivity contribution in [1.29, 1.82) is 0 Å². The lowest BCUT2D eigenvalue weighted by molar-refractivity contribution is -0.121. The molecule has 0 aromatic rings. The minimum atomic E-state index is 0.182. The molecule has 1 heterocycles. The third kappa shape index (κ3) is 6.03. The van der Waals surface area contributed by atoms with Gasteiger partial charge >= 0.3 is 0 Å². The van der Waals surface area contributed by atoms with Gasteiger partial charge in [0.1, 0.15) is 0 Å². The molecule has 1 amide bonds. The van der Waals surface area contributed by atoms with Crippen molar-refractivity contribution in [3.63, 3.8) is 0 Å². The van der Waals surface area contributed by atoms with Crippen LogP contribution in [-0.4, -0.2) is 50.1 Å². The summed E-state index contributed by atoms with van der Waals surface area (Å²) in [5.74, 6) is 0.944. The highest BCUT2D eigenvalue weighted by molar-refractivity contribution is 5.75. The third-order valence-electron chi connectivity index (χ3n) is 3.32. The molecule has 0 aromatic carbocycles. The molecule has 0 radical (unpaired) electrons. The minimum Gasteiger partial charge on any atom is -0.356 e. The molecule has 1 atom stereocenters. The summed E-state index contributed by atoms with van der Waals surface area (Å²) in [5.41, 5.74) is 0. The van der Waals surface area contributed by atoms with Gasteiger partial charge in [0, 0.05) is 26.1 Å². The number of nitrogens with one attached hydrogen (secondary N) is 2. The first-order valence-corrected chi connectivity index (χ1v) is 6.96. The van der Waals surface area contributed by atoms with Gasteiger partial charge in [-0.1, -0.05) is 6.92 Å². The summed E-state index contributed by atoms with van der Waals surface area (Å²) in [6.07, 6.45) is 3.23. The Balaban J connectivity index is 2.17. The smallest absolute Gasteiger partial charge is 0.221 e. The molecule has 2 N–H and O–H groups in total. The number of rotatable bonds is 7. The molecule has 1 rings (SSSR count). The quantitative estimate of drug-likeness (QED) is 0.694. The van der Waals surface area contributed by atoms with Gasteiger partial charge in [-0.05, 0) is 45.3 Å². The standard InChI is InChI=1S/C13H27N3O/c1-3-14-10-12-6-5-8-16(11-12)9-7-13(17)15-4-2/h12,14H,3-11H2,1-2H3,(H,15,17). The average Bonchev–Trinajstić information content (AvgIpc) is 2.35. The van der Waals surface area contributed by atoms with Crippen molar-refractivity contribution < 1.29 is 4.79 Å². The summed E-state index contributed by atoms with van der Waals surface area (Å²) in [5, 5.41) is 6.27. The van der Waals surface area contributed by atoms with E-state index in [1.807, 2.05) is 6.92 Å². The zero-order valence-electron chi connectivity index (χ0n) is 11.3. The van der Waals surface area contributed by atoms with E-state index in [4.69, 9.17) is 0 Å². The number of carbonyl (C=O) groups is 1. The van der Waals surface area contributed by atoms with Crippen molar-refractivity contribution in [2.45, 2.75) is 33.1 Å². The Morgan fingerprint density at radius 3 is 2.88 bits per heavy atom. The van der Waals surface area contributed by atoms with Crippen molar-refractivity contribution in [3.8, 4) is 0 Å². The second-order valence-corrected chi connectivity index (χ2v) is 4.82. The predicted octanol–water partition coefficient (Wildman–Crippen LogP) is 0.834. The van der Waals surface area contributed by atoms with Gasteiger partial charge < -0.3 is 15.5 Å². The van der Waals surface area contributed by atoms with Crippen molar-refractivity contribution in [2.75, 3.05) is 39.3 Å². The molecular formula is C13H27N3O. The molecule has 0 saturated carbocycles. The van der Waals surface area contributed by atoms with Gasteiger partial charge in [-0.15, -0.1) is 0 Å². The molecule has 0 bridgehead atoms. The SMILES string of the molecule is CCNCC1CCCN(CCC(=O)NCC)C1. The Labute approximate surface area is 105 Å². The normalized spacial score (nSPS) is 21.4. The Morgan fingerprint density at radius 2 is 2.18 bits per heavy atom. The maximum absolute atomic E-state index is 11.4. The zero-order chi connectivity index (χ0) is 12.5. The second-order valence-electron chi connectivity index (χ2n) is 4.82. The van der Waals surface area contributed by atoms with Gasteiger partial charge in [0.25, 0.3) is 0 Å². The van der Waals surface area contributed by atoms with Crippen LogP contribution in [0.25, 0.3) is 0 Å². The molecule has 1 saturated heterocycles. The largest absolute Gasteiger partial charge is 0.356 e. The van der Waals surface area contributed by atoms with Crippen LogP contribution in [0.4, 0.5) is 0 Å². The molecule has 1 aliphatic rings. The summed E-state index contributed by atoms with van der Waals surface area (Å²) in [4.78, 5) is 13.8. The van der Waals surface area contributed by atoms with E-state index < -0.39 is 0 Å².